The van der Waals surface area contributed by atoms with Gasteiger partial charge in [-0.1, -0.05) is 4.49 Å². The normalized spacial score (nSPS) is 19.8. The van der Waals surface area contributed by atoms with Crippen molar-refractivity contribution >= 4 is 23.4 Å². The number of likely N-dealkylation sites (tertiary alicyclic amines) is 1. The Morgan fingerprint density at radius 3 is 3.06 bits per heavy atom. The molecule has 0 N–H and O–H groups in total. The van der Waals surface area contributed by atoms with Crippen molar-refractivity contribution in [2.24, 2.45) is 5.92 Å². The van der Waals surface area contributed by atoms with E-state index in [1.807, 2.05) is 0 Å². The van der Waals surface area contributed by atoms with Gasteiger partial charge in [-0.3, -0.25) is 9.59 Å². The summed E-state index contributed by atoms with van der Waals surface area (Å²) in [6.07, 6.45) is 0.649. The molecule has 1 aliphatic rings. The molecule has 0 spiro atoms. The minimum absolute atomic E-state index is 0.167. The van der Waals surface area contributed by atoms with Gasteiger partial charge in [0.2, 0.25) is 0 Å². The average Bonchev–Trinajstić information content (AvgIpc) is 2.97. The quantitative estimate of drug-likeness (QED) is 0.690. The molecule has 7 heteroatoms. The van der Waals surface area contributed by atoms with Crippen LogP contribution in [-0.4, -0.2) is 46.6 Å². The van der Waals surface area contributed by atoms with Gasteiger partial charge in [-0.25, -0.2) is 0 Å². The highest BCUT2D eigenvalue weighted by Gasteiger charge is 2.32. The van der Waals surface area contributed by atoms with Crippen molar-refractivity contribution in [3.63, 3.8) is 0 Å². The first-order valence-corrected chi connectivity index (χ1v) is 5.70. The van der Waals surface area contributed by atoms with Crippen LogP contribution < -0.4 is 0 Å². The Kier molecular flexibility index (Phi) is 3.14. The summed E-state index contributed by atoms with van der Waals surface area (Å²) in [5.41, 5.74) is 0.343. The predicted octanol–water partition coefficient (Wildman–Crippen LogP) is 0.173. The van der Waals surface area contributed by atoms with E-state index in [2.05, 4.69) is 14.3 Å². The van der Waals surface area contributed by atoms with E-state index < -0.39 is 0 Å². The van der Waals surface area contributed by atoms with Gasteiger partial charge in [0.25, 0.3) is 5.91 Å². The predicted molar refractivity (Wildman–Crippen MR) is 55.9 cm³/mol. The van der Waals surface area contributed by atoms with Gasteiger partial charge in [-0.05, 0) is 18.0 Å². The number of rotatable bonds is 2. The molecule has 16 heavy (non-hydrogen) atoms. The highest BCUT2D eigenvalue weighted by Crippen LogP contribution is 2.19. The van der Waals surface area contributed by atoms with Gasteiger partial charge in [0, 0.05) is 18.5 Å². The first kappa shape index (κ1) is 11.0. The van der Waals surface area contributed by atoms with Crippen molar-refractivity contribution in [1.29, 1.82) is 0 Å². The summed E-state index contributed by atoms with van der Waals surface area (Å²) in [6, 6.07) is 0. The molecule has 1 unspecified atom stereocenters. The second kappa shape index (κ2) is 4.56. The fourth-order valence-corrected chi connectivity index (χ4v) is 2.15. The number of hydrogen-bond donors (Lipinski definition) is 0. The van der Waals surface area contributed by atoms with Gasteiger partial charge in [-0.15, -0.1) is 5.10 Å². The average molecular weight is 241 g/mol. The highest BCUT2D eigenvalue weighted by atomic mass is 32.1. The first-order valence-electron chi connectivity index (χ1n) is 4.86. The van der Waals surface area contributed by atoms with Crippen LogP contribution in [0.1, 0.15) is 16.9 Å². The van der Waals surface area contributed by atoms with Crippen LogP contribution in [0, 0.1) is 5.92 Å². The van der Waals surface area contributed by atoms with Gasteiger partial charge >= 0.3 is 5.97 Å². The molecular formula is C9H11N3O3S. The molecule has 0 bridgehead atoms. The van der Waals surface area contributed by atoms with Crippen LogP contribution >= 0.6 is 11.5 Å². The third-order valence-electron chi connectivity index (χ3n) is 2.59. The Bertz CT molecular complexity index is 393. The van der Waals surface area contributed by atoms with Crippen molar-refractivity contribution in [3.05, 3.63) is 11.1 Å². The first-order chi connectivity index (χ1) is 7.72. The molecule has 2 heterocycles. The summed E-state index contributed by atoms with van der Waals surface area (Å²) in [6.45, 7) is 0.971. The van der Waals surface area contributed by atoms with E-state index in [1.165, 1.54) is 7.11 Å². The van der Waals surface area contributed by atoms with E-state index in [-0.39, 0.29) is 17.8 Å². The molecule has 1 aliphatic heterocycles. The van der Waals surface area contributed by atoms with Gasteiger partial charge in [-0.2, -0.15) is 0 Å². The molecule has 1 aromatic rings. The zero-order chi connectivity index (χ0) is 11.5. The van der Waals surface area contributed by atoms with E-state index >= 15 is 0 Å². The minimum Gasteiger partial charge on any atom is -0.469 e. The Labute approximate surface area is 96.4 Å². The Balaban J connectivity index is 1.99. The Morgan fingerprint density at radius 2 is 2.44 bits per heavy atom. The molecule has 0 aliphatic carbocycles. The van der Waals surface area contributed by atoms with E-state index in [4.69, 9.17) is 0 Å². The molecule has 1 aromatic heterocycles. The van der Waals surface area contributed by atoms with Crippen LogP contribution in [-0.2, 0) is 9.53 Å². The maximum Gasteiger partial charge on any atom is 0.310 e. The molecule has 1 saturated heterocycles. The van der Waals surface area contributed by atoms with Gasteiger partial charge in [0.15, 0.2) is 5.69 Å². The second-order valence-corrected chi connectivity index (χ2v) is 4.16. The highest BCUT2D eigenvalue weighted by molar-refractivity contribution is 7.03. The lowest BCUT2D eigenvalue weighted by atomic mass is 10.1. The van der Waals surface area contributed by atoms with Crippen molar-refractivity contribution in [2.75, 3.05) is 20.2 Å². The summed E-state index contributed by atoms with van der Waals surface area (Å²) < 4.78 is 8.29. The molecule has 6 nitrogen and oxygen atoms in total. The molecular weight excluding hydrogens is 230 g/mol. The zero-order valence-corrected chi connectivity index (χ0v) is 9.57. The van der Waals surface area contributed by atoms with E-state index in [9.17, 15) is 9.59 Å². The van der Waals surface area contributed by atoms with Crippen molar-refractivity contribution in [2.45, 2.75) is 6.42 Å². The standard InChI is InChI=1S/C9H11N3O3S/c1-15-9(14)6-2-3-12(4-6)8(13)7-5-16-11-10-7/h5-6H,2-4H2,1H3. The topological polar surface area (TPSA) is 72.4 Å². The lowest BCUT2D eigenvalue weighted by Gasteiger charge is -2.13. The molecule has 1 fully saturated rings. The maximum absolute atomic E-state index is 11.8. The molecule has 1 atom stereocenters. The molecule has 0 radical (unpaired) electrons. The van der Waals surface area contributed by atoms with E-state index in [1.54, 1.807) is 10.3 Å². The number of carbonyl (C=O) groups is 2. The summed E-state index contributed by atoms with van der Waals surface area (Å²) in [7, 11) is 1.36. The van der Waals surface area contributed by atoms with Crippen LogP contribution in [0.2, 0.25) is 0 Å². The summed E-state index contributed by atoms with van der Waals surface area (Å²) >= 11 is 1.14. The molecule has 1 amide bonds. The lowest BCUT2D eigenvalue weighted by molar-refractivity contribution is -0.144. The number of ether oxygens (including phenoxy) is 1. The number of methoxy groups -OCH3 is 1. The molecule has 86 valence electrons. The maximum atomic E-state index is 11.8. The van der Waals surface area contributed by atoms with E-state index in [0.717, 1.165) is 11.5 Å². The summed E-state index contributed by atoms with van der Waals surface area (Å²) in [5, 5.41) is 5.32. The largest absolute Gasteiger partial charge is 0.469 e. The minimum atomic E-state index is -0.258. The van der Waals surface area contributed by atoms with Gasteiger partial charge in [0.05, 0.1) is 13.0 Å². The fourth-order valence-electron chi connectivity index (χ4n) is 1.72. The van der Waals surface area contributed by atoms with Crippen molar-refractivity contribution in [1.82, 2.24) is 14.5 Å². The van der Waals surface area contributed by atoms with E-state index in [0.29, 0.717) is 25.2 Å². The van der Waals surface area contributed by atoms with Gasteiger partial charge in [0.1, 0.15) is 0 Å². The Morgan fingerprint density at radius 1 is 1.62 bits per heavy atom. The molecule has 0 saturated carbocycles. The van der Waals surface area contributed by atoms with Crippen molar-refractivity contribution < 1.29 is 14.3 Å². The number of nitrogens with zero attached hydrogens (tertiary/aromatic N) is 3. The van der Waals surface area contributed by atoms with Crippen LogP contribution in [0.25, 0.3) is 0 Å². The van der Waals surface area contributed by atoms with Gasteiger partial charge < -0.3 is 9.64 Å². The SMILES string of the molecule is COC(=O)C1CCN(C(=O)c2csnn2)C1. The van der Waals surface area contributed by atoms with Crippen LogP contribution in [0.5, 0.6) is 0 Å². The second-order valence-electron chi connectivity index (χ2n) is 3.55. The van der Waals surface area contributed by atoms with Crippen LogP contribution in [0.3, 0.4) is 0 Å². The zero-order valence-electron chi connectivity index (χ0n) is 8.75. The third kappa shape index (κ3) is 2.04. The smallest absolute Gasteiger partial charge is 0.310 e. The fraction of sp³-hybridized carbons (Fsp3) is 0.556. The van der Waals surface area contributed by atoms with Crippen molar-refractivity contribution in [3.8, 4) is 0 Å². The number of hydrogen-bond acceptors (Lipinski definition) is 6. The lowest BCUT2D eigenvalue weighted by Crippen LogP contribution is -2.30. The number of aromatic nitrogens is 2. The number of amides is 1. The van der Waals surface area contributed by atoms with Crippen LogP contribution in [0.4, 0.5) is 0 Å². The summed E-state index contributed by atoms with van der Waals surface area (Å²) in [5.74, 6) is -0.632. The number of esters is 1. The molecule has 0 aromatic carbocycles. The summed E-state index contributed by atoms with van der Waals surface area (Å²) in [4.78, 5) is 24.7. The number of carbonyl (C=O) groups excluding carboxylic acids is 2. The Hall–Kier alpha value is -1.50. The monoisotopic (exact) mass is 241 g/mol. The third-order valence-corrected chi connectivity index (χ3v) is 3.09. The molecule has 2 rings (SSSR count). The van der Waals surface area contributed by atoms with Crippen LogP contribution in [0.15, 0.2) is 5.38 Å².